The Morgan fingerprint density at radius 3 is 2.47 bits per heavy atom. The second kappa shape index (κ2) is 4.61. The molecule has 0 unspecified atom stereocenters. The van der Waals surface area contributed by atoms with Crippen molar-refractivity contribution in [1.29, 1.82) is 0 Å². The van der Waals surface area contributed by atoms with E-state index >= 15 is 0 Å². The number of aryl methyl sites for hydroxylation is 1. The molecule has 1 saturated carbocycles. The van der Waals surface area contributed by atoms with Crippen molar-refractivity contribution in [1.82, 2.24) is 4.98 Å². The zero-order chi connectivity index (χ0) is 13.6. The molecule has 1 heteroatoms. The number of fused-ring (bicyclic) bond motifs is 1. The predicted molar refractivity (Wildman–Crippen MR) is 80.9 cm³/mol. The van der Waals surface area contributed by atoms with Crippen LogP contribution in [0.2, 0.25) is 0 Å². The third-order valence-electron chi connectivity index (χ3n) is 5.24. The van der Waals surface area contributed by atoms with Gasteiger partial charge in [-0.15, -0.1) is 0 Å². The highest BCUT2D eigenvalue weighted by molar-refractivity contribution is 5.48. The third kappa shape index (κ3) is 2.11. The van der Waals surface area contributed by atoms with Crippen LogP contribution >= 0.6 is 0 Å². The summed E-state index contributed by atoms with van der Waals surface area (Å²) < 4.78 is 0. The van der Waals surface area contributed by atoms with Crippen molar-refractivity contribution in [2.45, 2.75) is 84.0 Å². The van der Waals surface area contributed by atoms with Crippen molar-refractivity contribution in [2.24, 2.45) is 0 Å². The highest BCUT2D eigenvalue weighted by Crippen LogP contribution is 2.46. The predicted octanol–water partition coefficient (Wildman–Crippen LogP) is 4.70. The topological polar surface area (TPSA) is 12.9 Å². The van der Waals surface area contributed by atoms with E-state index in [1.165, 1.54) is 49.9 Å². The maximum absolute atomic E-state index is 5.09. The molecule has 0 amide bonds. The van der Waals surface area contributed by atoms with E-state index < -0.39 is 0 Å². The molecular weight excluding hydrogens is 230 g/mol. The Morgan fingerprint density at radius 1 is 1.16 bits per heavy atom. The lowest BCUT2D eigenvalue weighted by Crippen LogP contribution is -2.22. The van der Waals surface area contributed by atoms with E-state index in [9.17, 15) is 0 Å². The summed E-state index contributed by atoms with van der Waals surface area (Å²) in [6, 6.07) is 0. The Bertz CT molecular complexity index is 495. The van der Waals surface area contributed by atoms with E-state index in [1.807, 2.05) is 0 Å². The van der Waals surface area contributed by atoms with E-state index in [1.54, 1.807) is 16.7 Å². The molecule has 0 bridgehead atoms. The number of hydrogen-bond acceptors (Lipinski definition) is 1. The number of pyridine rings is 1. The normalized spacial score (nSPS) is 18.7. The van der Waals surface area contributed by atoms with Gasteiger partial charge in [0, 0.05) is 17.3 Å². The molecule has 1 aromatic heterocycles. The van der Waals surface area contributed by atoms with Crippen LogP contribution in [0.3, 0.4) is 0 Å². The first-order valence-corrected chi connectivity index (χ1v) is 8.13. The summed E-state index contributed by atoms with van der Waals surface area (Å²) in [5.74, 6) is 0.784. The number of aromatic nitrogens is 1. The van der Waals surface area contributed by atoms with Gasteiger partial charge in [-0.1, -0.05) is 27.7 Å². The summed E-state index contributed by atoms with van der Waals surface area (Å²) in [7, 11) is 0. The molecule has 0 saturated heterocycles. The first-order valence-electron chi connectivity index (χ1n) is 8.13. The fourth-order valence-corrected chi connectivity index (χ4v) is 3.69. The second-order valence-corrected chi connectivity index (χ2v) is 6.99. The van der Waals surface area contributed by atoms with E-state index in [2.05, 4.69) is 27.7 Å². The van der Waals surface area contributed by atoms with Gasteiger partial charge in [-0.3, -0.25) is 4.98 Å². The van der Waals surface area contributed by atoms with Crippen molar-refractivity contribution < 1.29 is 0 Å². The monoisotopic (exact) mass is 257 g/mol. The Labute approximate surface area is 117 Å². The number of hydrogen-bond donors (Lipinski definition) is 0. The van der Waals surface area contributed by atoms with Crippen LogP contribution in [0.5, 0.6) is 0 Å². The lowest BCUT2D eigenvalue weighted by atomic mass is 9.75. The van der Waals surface area contributed by atoms with Crippen LogP contribution in [-0.2, 0) is 24.7 Å². The van der Waals surface area contributed by atoms with Gasteiger partial charge in [0.05, 0.1) is 0 Å². The van der Waals surface area contributed by atoms with Crippen LogP contribution in [0.25, 0.3) is 0 Å². The SMILES string of the molecule is CCc1c(C2CC2)nc2c(c1C(C)(C)CC)CCC2. The van der Waals surface area contributed by atoms with Crippen molar-refractivity contribution in [3.63, 3.8) is 0 Å². The number of nitrogens with zero attached hydrogens (tertiary/aromatic N) is 1. The second-order valence-electron chi connectivity index (χ2n) is 6.99. The highest BCUT2D eigenvalue weighted by atomic mass is 14.8. The summed E-state index contributed by atoms with van der Waals surface area (Å²) in [5.41, 5.74) is 8.13. The minimum atomic E-state index is 0.312. The van der Waals surface area contributed by atoms with Crippen LogP contribution in [0.4, 0.5) is 0 Å². The molecule has 0 aliphatic heterocycles. The fourth-order valence-electron chi connectivity index (χ4n) is 3.69. The van der Waals surface area contributed by atoms with Gasteiger partial charge >= 0.3 is 0 Å². The lowest BCUT2D eigenvalue weighted by Gasteiger charge is -2.30. The first-order chi connectivity index (χ1) is 9.08. The molecule has 1 fully saturated rings. The molecule has 3 rings (SSSR count). The smallest absolute Gasteiger partial charge is 0.0472 e. The third-order valence-corrected chi connectivity index (χ3v) is 5.24. The van der Waals surface area contributed by atoms with Gasteiger partial charge in [0.1, 0.15) is 0 Å². The largest absolute Gasteiger partial charge is 0.257 e. The van der Waals surface area contributed by atoms with Gasteiger partial charge < -0.3 is 0 Å². The van der Waals surface area contributed by atoms with Gasteiger partial charge in [-0.2, -0.15) is 0 Å². The Kier molecular flexibility index (Phi) is 3.19. The van der Waals surface area contributed by atoms with Crippen molar-refractivity contribution in [3.05, 3.63) is 28.1 Å². The summed E-state index contributed by atoms with van der Waals surface area (Å²) in [4.78, 5) is 5.09. The van der Waals surface area contributed by atoms with E-state index in [0.717, 1.165) is 12.3 Å². The van der Waals surface area contributed by atoms with Crippen LogP contribution in [0.15, 0.2) is 0 Å². The van der Waals surface area contributed by atoms with Gasteiger partial charge in [0.25, 0.3) is 0 Å². The van der Waals surface area contributed by atoms with Crippen molar-refractivity contribution in [3.8, 4) is 0 Å². The van der Waals surface area contributed by atoms with Crippen molar-refractivity contribution >= 4 is 0 Å². The molecule has 0 radical (unpaired) electrons. The fraction of sp³-hybridized carbons (Fsp3) is 0.722. The maximum atomic E-state index is 5.09. The van der Waals surface area contributed by atoms with Crippen LogP contribution in [0, 0.1) is 0 Å². The Balaban J connectivity index is 2.24. The molecule has 2 aliphatic rings. The van der Waals surface area contributed by atoms with Gasteiger partial charge in [-0.25, -0.2) is 0 Å². The Hall–Kier alpha value is -0.850. The average Bonchev–Trinajstić information content (AvgIpc) is 3.14. The lowest BCUT2D eigenvalue weighted by molar-refractivity contribution is 0.494. The maximum Gasteiger partial charge on any atom is 0.0472 e. The van der Waals surface area contributed by atoms with Crippen LogP contribution in [-0.4, -0.2) is 4.98 Å². The molecule has 0 N–H and O–H groups in total. The number of rotatable bonds is 4. The van der Waals surface area contributed by atoms with E-state index in [4.69, 9.17) is 4.98 Å². The zero-order valence-corrected chi connectivity index (χ0v) is 13.0. The molecule has 104 valence electrons. The molecule has 0 spiro atoms. The van der Waals surface area contributed by atoms with Gasteiger partial charge in [-0.05, 0) is 67.1 Å². The van der Waals surface area contributed by atoms with E-state index in [0.29, 0.717) is 5.41 Å². The van der Waals surface area contributed by atoms with Gasteiger partial charge in [0.15, 0.2) is 0 Å². The summed E-state index contributed by atoms with van der Waals surface area (Å²) in [6.45, 7) is 9.50. The minimum Gasteiger partial charge on any atom is -0.257 e. The molecule has 2 aliphatic carbocycles. The molecule has 19 heavy (non-hydrogen) atoms. The molecule has 0 atom stereocenters. The zero-order valence-electron chi connectivity index (χ0n) is 13.0. The molecule has 1 aromatic rings. The molecular formula is C18H27N. The quantitative estimate of drug-likeness (QED) is 0.762. The van der Waals surface area contributed by atoms with E-state index in [-0.39, 0.29) is 0 Å². The summed E-state index contributed by atoms with van der Waals surface area (Å²) >= 11 is 0. The Morgan fingerprint density at radius 2 is 1.89 bits per heavy atom. The first kappa shape index (κ1) is 13.1. The molecule has 1 nitrogen and oxygen atoms in total. The van der Waals surface area contributed by atoms with Crippen LogP contribution < -0.4 is 0 Å². The standard InChI is InChI=1S/C18H27N/c1-5-13-16(18(3,4)6-2)14-8-7-9-15(14)19-17(13)12-10-11-12/h12H,5-11H2,1-4H3. The average molecular weight is 257 g/mol. The summed E-state index contributed by atoms with van der Waals surface area (Å²) in [5, 5.41) is 0. The van der Waals surface area contributed by atoms with Gasteiger partial charge in [0.2, 0.25) is 0 Å². The molecule has 1 heterocycles. The van der Waals surface area contributed by atoms with Crippen LogP contribution in [0.1, 0.15) is 87.4 Å². The minimum absolute atomic E-state index is 0.312. The molecule has 0 aromatic carbocycles. The summed E-state index contributed by atoms with van der Waals surface area (Å²) in [6.07, 6.45) is 8.90. The highest BCUT2D eigenvalue weighted by Gasteiger charge is 2.35. The van der Waals surface area contributed by atoms with Crippen molar-refractivity contribution in [2.75, 3.05) is 0 Å².